The summed E-state index contributed by atoms with van der Waals surface area (Å²) in [5, 5.41) is 12.4. The first kappa shape index (κ1) is 23.3. The fraction of sp³-hybridized carbons (Fsp3) is 0.759. The summed E-state index contributed by atoms with van der Waals surface area (Å²) in [5.41, 5.74) is 2.19. The van der Waals surface area contributed by atoms with Gasteiger partial charge in [-0.2, -0.15) is 0 Å². The fourth-order valence-corrected chi connectivity index (χ4v) is 9.51. The van der Waals surface area contributed by atoms with Crippen LogP contribution >= 0.6 is 0 Å². The number of hydrogen-bond acceptors (Lipinski definition) is 8. The van der Waals surface area contributed by atoms with Crippen molar-refractivity contribution in [2.75, 3.05) is 20.0 Å². The lowest BCUT2D eigenvalue weighted by Crippen LogP contribution is -2.67. The summed E-state index contributed by atoms with van der Waals surface area (Å²) in [6, 6.07) is 0. The van der Waals surface area contributed by atoms with E-state index in [2.05, 4.69) is 26.0 Å². The zero-order valence-electron chi connectivity index (χ0n) is 21.6. The zero-order chi connectivity index (χ0) is 25.2. The highest BCUT2D eigenvalue weighted by molar-refractivity contribution is 5.86. The van der Waals surface area contributed by atoms with Crippen LogP contribution in [0.5, 0.6) is 0 Å². The molecule has 4 heterocycles. The van der Waals surface area contributed by atoms with Crippen molar-refractivity contribution in [3.8, 4) is 0 Å². The molecular formula is C29H36O8. The molecule has 8 heteroatoms. The van der Waals surface area contributed by atoms with Crippen molar-refractivity contribution in [1.82, 2.24) is 0 Å². The van der Waals surface area contributed by atoms with Crippen molar-refractivity contribution in [3.63, 3.8) is 0 Å². The van der Waals surface area contributed by atoms with Crippen LogP contribution in [0.4, 0.5) is 0 Å². The summed E-state index contributed by atoms with van der Waals surface area (Å²) < 4.78 is 36.3. The van der Waals surface area contributed by atoms with Crippen LogP contribution in [0.1, 0.15) is 58.8 Å². The number of ether oxygens (including phenoxy) is 6. The lowest BCUT2D eigenvalue weighted by molar-refractivity contribution is -0.421. The first-order valence-corrected chi connectivity index (χ1v) is 14.0. The molecule has 4 aliphatic heterocycles. The smallest absolute Gasteiger partial charge is 0.331 e. The molecule has 0 unspecified atom stereocenters. The average molecular weight is 513 g/mol. The first-order valence-electron chi connectivity index (χ1n) is 14.0. The van der Waals surface area contributed by atoms with Crippen molar-refractivity contribution in [1.29, 1.82) is 0 Å². The van der Waals surface area contributed by atoms with Gasteiger partial charge in [-0.25, -0.2) is 4.79 Å². The summed E-state index contributed by atoms with van der Waals surface area (Å²) in [6.07, 6.45) is 11.0. The molecule has 8 rings (SSSR count). The van der Waals surface area contributed by atoms with Gasteiger partial charge >= 0.3 is 5.97 Å². The molecule has 0 radical (unpaired) electrons. The van der Waals surface area contributed by atoms with Crippen molar-refractivity contribution in [2.45, 2.75) is 94.8 Å². The monoisotopic (exact) mass is 512 g/mol. The summed E-state index contributed by atoms with van der Waals surface area (Å²) in [7, 11) is 0. The van der Waals surface area contributed by atoms with E-state index in [9.17, 15) is 9.90 Å². The Balaban J connectivity index is 1.11. The molecule has 3 saturated heterocycles. The van der Waals surface area contributed by atoms with Gasteiger partial charge in [0.15, 0.2) is 6.79 Å². The molecule has 200 valence electrons. The number of cyclic esters (lactones) is 1. The van der Waals surface area contributed by atoms with Gasteiger partial charge in [0.05, 0.1) is 18.3 Å². The van der Waals surface area contributed by atoms with E-state index in [4.69, 9.17) is 28.4 Å². The molecule has 1 N–H and O–H groups in total. The zero-order valence-corrected chi connectivity index (χ0v) is 21.6. The normalized spacial score (nSPS) is 53.9. The Kier molecular flexibility index (Phi) is 4.76. The Labute approximate surface area is 216 Å². The van der Waals surface area contributed by atoms with Crippen molar-refractivity contribution in [3.05, 3.63) is 34.9 Å². The van der Waals surface area contributed by atoms with Gasteiger partial charge in [0, 0.05) is 23.5 Å². The number of allylic oxidation sites excluding steroid dienone is 1. The number of carbonyl (C=O) groups is 1. The minimum Gasteiger partial charge on any atom is -0.458 e. The van der Waals surface area contributed by atoms with Crippen LogP contribution in [0.2, 0.25) is 0 Å². The maximum Gasteiger partial charge on any atom is 0.331 e. The van der Waals surface area contributed by atoms with Crippen molar-refractivity contribution in [2.24, 2.45) is 22.7 Å². The highest BCUT2D eigenvalue weighted by Gasteiger charge is 2.67. The number of fused-ring (bicyclic) bond motifs is 6. The van der Waals surface area contributed by atoms with Gasteiger partial charge in [0.2, 0.25) is 12.1 Å². The Morgan fingerprint density at radius 1 is 1.11 bits per heavy atom. The van der Waals surface area contributed by atoms with Gasteiger partial charge in [0.1, 0.15) is 18.8 Å². The van der Waals surface area contributed by atoms with E-state index >= 15 is 0 Å². The Bertz CT molecular complexity index is 1140. The third-order valence-electron chi connectivity index (χ3n) is 11.5. The summed E-state index contributed by atoms with van der Waals surface area (Å²) >= 11 is 0. The Hall–Kier alpha value is -1.55. The lowest BCUT2D eigenvalue weighted by Gasteiger charge is -2.63. The quantitative estimate of drug-likeness (QED) is 0.423. The molecule has 10 atom stereocenters. The van der Waals surface area contributed by atoms with E-state index in [1.165, 1.54) is 5.57 Å². The number of rotatable bonds is 1. The Morgan fingerprint density at radius 3 is 2.84 bits per heavy atom. The van der Waals surface area contributed by atoms with Crippen LogP contribution in [0.25, 0.3) is 0 Å². The topological polar surface area (TPSA) is 92.7 Å². The highest BCUT2D eigenvalue weighted by atomic mass is 16.9. The lowest BCUT2D eigenvalue weighted by atomic mass is 9.45. The molecule has 1 spiro atoms. The average Bonchev–Trinajstić information content (AvgIpc) is 3.55. The molecule has 0 aromatic rings. The first-order chi connectivity index (χ1) is 17.8. The summed E-state index contributed by atoms with van der Waals surface area (Å²) in [4.78, 5) is 11.8. The van der Waals surface area contributed by atoms with Crippen LogP contribution < -0.4 is 0 Å². The predicted octanol–water partition coefficient (Wildman–Crippen LogP) is 3.29. The summed E-state index contributed by atoms with van der Waals surface area (Å²) in [5.74, 6) is -0.756. The van der Waals surface area contributed by atoms with E-state index in [-0.39, 0.29) is 47.8 Å². The van der Waals surface area contributed by atoms with Gasteiger partial charge in [-0.1, -0.05) is 31.6 Å². The van der Waals surface area contributed by atoms with Crippen molar-refractivity contribution < 1.29 is 38.3 Å². The van der Waals surface area contributed by atoms with E-state index in [0.717, 1.165) is 49.7 Å². The van der Waals surface area contributed by atoms with E-state index in [1.54, 1.807) is 6.08 Å². The number of aliphatic hydroxyl groups is 1. The van der Waals surface area contributed by atoms with Crippen LogP contribution in [-0.2, 0) is 33.2 Å². The van der Waals surface area contributed by atoms with Crippen molar-refractivity contribution >= 4 is 5.97 Å². The second-order valence-electron chi connectivity index (χ2n) is 12.8. The number of esters is 1. The van der Waals surface area contributed by atoms with Crippen LogP contribution in [-0.4, -0.2) is 67.1 Å². The van der Waals surface area contributed by atoms with E-state index in [1.807, 2.05) is 0 Å². The molecule has 0 amide bonds. The van der Waals surface area contributed by atoms with Gasteiger partial charge in [-0.3, -0.25) is 0 Å². The summed E-state index contributed by atoms with van der Waals surface area (Å²) in [6.45, 7) is 5.66. The van der Waals surface area contributed by atoms with Gasteiger partial charge < -0.3 is 33.5 Å². The molecule has 5 fully saturated rings. The molecule has 8 aliphatic rings. The molecule has 0 aromatic carbocycles. The van der Waals surface area contributed by atoms with E-state index in [0.29, 0.717) is 25.6 Å². The van der Waals surface area contributed by atoms with Gasteiger partial charge in [0.25, 0.3) is 0 Å². The molecule has 4 aliphatic carbocycles. The molecular weight excluding hydrogens is 476 g/mol. The highest BCUT2D eigenvalue weighted by Crippen LogP contribution is 2.68. The standard InChI is InChI=1S/C29H36O8/c1-26-13-22-21(36-25-29(37-22)23(7-10-32-25)34-15-35-29)12-17(26)3-4-20-19(26)5-8-27(2)18(6-9-28(20,27)31)16-11-24(30)33-14-16/h6,11-12,19-23,25,31H,3-5,7-10,13-15H2,1-2H3/t19-,20+,21-,22+,23+,25-,26-,27+,28-,29-/m0/s1. The maximum atomic E-state index is 12.4. The number of carbonyl (C=O) groups excluding carboxylic acids is 1. The molecule has 0 bridgehead atoms. The van der Waals surface area contributed by atoms with E-state index < -0.39 is 17.7 Å². The van der Waals surface area contributed by atoms with Gasteiger partial charge in [-0.15, -0.1) is 0 Å². The molecule has 37 heavy (non-hydrogen) atoms. The Morgan fingerprint density at radius 2 is 2.00 bits per heavy atom. The van der Waals surface area contributed by atoms with Gasteiger partial charge in [-0.05, 0) is 61.3 Å². The fourth-order valence-electron chi connectivity index (χ4n) is 9.51. The second-order valence-corrected chi connectivity index (χ2v) is 12.8. The minimum atomic E-state index is -0.989. The maximum absolute atomic E-state index is 12.4. The second kappa shape index (κ2) is 7.55. The van der Waals surface area contributed by atoms with Crippen LogP contribution in [0, 0.1) is 22.7 Å². The third kappa shape index (κ3) is 2.87. The van der Waals surface area contributed by atoms with Crippen LogP contribution in [0.3, 0.4) is 0 Å². The number of hydrogen-bond donors (Lipinski definition) is 1. The minimum absolute atomic E-state index is 0.0904. The molecule has 8 nitrogen and oxygen atoms in total. The van der Waals surface area contributed by atoms with Crippen LogP contribution in [0.15, 0.2) is 34.9 Å². The molecule has 2 saturated carbocycles. The third-order valence-corrected chi connectivity index (χ3v) is 11.5. The molecule has 0 aromatic heterocycles. The predicted molar refractivity (Wildman–Crippen MR) is 129 cm³/mol. The largest absolute Gasteiger partial charge is 0.458 e. The SMILES string of the molecule is C[C@]12C[C@H]3O[C@@]45OCO[C@@H]4CCO[C@H]5O[C@H]3C=C1CC[C@@H]1[C@@H]2CC[C@]2(C)C(C3=CC(=O)OC3)=CC[C@]12O.